The van der Waals surface area contributed by atoms with Crippen molar-refractivity contribution in [1.29, 1.82) is 0 Å². The molecule has 0 fully saturated rings. The summed E-state index contributed by atoms with van der Waals surface area (Å²) in [6.07, 6.45) is 3.66. The van der Waals surface area contributed by atoms with E-state index in [1.165, 1.54) is 29.5 Å². The van der Waals surface area contributed by atoms with E-state index in [2.05, 4.69) is 51.3 Å². The van der Waals surface area contributed by atoms with E-state index in [4.69, 9.17) is 0 Å². The molecule has 1 N–H and O–H groups in total. The molecule has 0 amide bonds. The summed E-state index contributed by atoms with van der Waals surface area (Å²) in [6, 6.07) is 7.59. The summed E-state index contributed by atoms with van der Waals surface area (Å²) in [6.45, 7) is 6.96. The fourth-order valence-corrected chi connectivity index (χ4v) is 2.83. The summed E-state index contributed by atoms with van der Waals surface area (Å²) < 4.78 is 0. The van der Waals surface area contributed by atoms with Gasteiger partial charge in [0, 0.05) is 6.04 Å². The van der Waals surface area contributed by atoms with Crippen LogP contribution < -0.4 is 5.32 Å². The lowest BCUT2D eigenvalue weighted by molar-refractivity contribution is 0.370. The monoisotopic (exact) mass is 217 g/mol. The number of aryl methyl sites for hydroxylation is 1. The van der Waals surface area contributed by atoms with Crippen LogP contribution in [0.2, 0.25) is 0 Å². The van der Waals surface area contributed by atoms with Gasteiger partial charge in [-0.2, -0.15) is 0 Å². The molecule has 1 aromatic carbocycles. The van der Waals surface area contributed by atoms with Gasteiger partial charge < -0.3 is 5.32 Å². The summed E-state index contributed by atoms with van der Waals surface area (Å²) in [5.41, 5.74) is 4.86. The van der Waals surface area contributed by atoms with Gasteiger partial charge in [0.1, 0.15) is 0 Å². The van der Waals surface area contributed by atoms with Gasteiger partial charge in [0.25, 0.3) is 0 Å². The van der Waals surface area contributed by atoms with E-state index < -0.39 is 0 Å². The van der Waals surface area contributed by atoms with Crippen molar-refractivity contribution in [3.8, 4) is 0 Å². The average Bonchev–Trinajstić information content (AvgIpc) is 2.28. The number of nitrogens with one attached hydrogen (secondary N) is 1. The van der Waals surface area contributed by atoms with Crippen LogP contribution in [0.1, 0.15) is 56.3 Å². The molecule has 1 aromatic rings. The van der Waals surface area contributed by atoms with E-state index in [1.807, 2.05) is 0 Å². The zero-order chi connectivity index (χ0) is 11.8. The van der Waals surface area contributed by atoms with Crippen LogP contribution in [0.15, 0.2) is 18.2 Å². The first kappa shape index (κ1) is 11.7. The first-order chi connectivity index (χ1) is 7.58. The van der Waals surface area contributed by atoms with E-state index in [-0.39, 0.29) is 0 Å². The molecule has 16 heavy (non-hydrogen) atoms. The van der Waals surface area contributed by atoms with Gasteiger partial charge in [-0.15, -0.1) is 0 Å². The molecule has 0 radical (unpaired) electrons. The molecular weight excluding hydrogens is 194 g/mol. The molecule has 0 aromatic heterocycles. The molecule has 1 atom stereocenters. The number of benzene rings is 1. The fraction of sp³-hybridized carbons (Fsp3) is 0.600. The first-order valence-electron chi connectivity index (χ1n) is 6.39. The highest BCUT2D eigenvalue weighted by molar-refractivity contribution is 5.41. The fourth-order valence-electron chi connectivity index (χ4n) is 2.83. The maximum absolute atomic E-state index is 3.45. The zero-order valence-electron chi connectivity index (χ0n) is 10.9. The Morgan fingerprint density at radius 2 is 2.12 bits per heavy atom. The van der Waals surface area contributed by atoms with E-state index in [9.17, 15) is 0 Å². The van der Waals surface area contributed by atoms with Gasteiger partial charge >= 0.3 is 0 Å². The lowest BCUT2D eigenvalue weighted by Crippen LogP contribution is -2.31. The van der Waals surface area contributed by atoms with Gasteiger partial charge in [-0.3, -0.25) is 0 Å². The van der Waals surface area contributed by atoms with Crippen molar-refractivity contribution in [3.63, 3.8) is 0 Å². The number of hydrogen-bond acceptors (Lipinski definition) is 1. The van der Waals surface area contributed by atoms with Crippen molar-refractivity contribution in [2.24, 2.45) is 0 Å². The van der Waals surface area contributed by atoms with Crippen LogP contribution in [0.25, 0.3) is 0 Å². The topological polar surface area (TPSA) is 12.0 Å². The maximum Gasteiger partial charge on any atom is 0.0320 e. The lowest BCUT2D eigenvalue weighted by atomic mass is 9.70. The normalized spacial score (nSPS) is 22.9. The first-order valence-corrected chi connectivity index (χ1v) is 6.39. The highest BCUT2D eigenvalue weighted by atomic mass is 14.9. The van der Waals surface area contributed by atoms with Crippen LogP contribution in [-0.2, 0) is 11.8 Å². The predicted octanol–water partition coefficient (Wildman–Crippen LogP) is 3.58. The smallest absolute Gasteiger partial charge is 0.0320 e. The Labute approximate surface area is 99.3 Å². The molecule has 88 valence electrons. The van der Waals surface area contributed by atoms with Gasteiger partial charge in [0.05, 0.1) is 0 Å². The second-order valence-electron chi connectivity index (χ2n) is 5.54. The highest BCUT2D eigenvalue weighted by Crippen LogP contribution is 2.41. The third-order valence-electron chi connectivity index (χ3n) is 4.04. The van der Waals surface area contributed by atoms with Gasteiger partial charge in [0.2, 0.25) is 0 Å². The number of fused-ring (bicyclic) bond motifs is 1. The van der Waals surface area contributed by atoms with Gasteiger partial charge in [0.15, 0.2) is 0 Å². The Bertz CT molecular complexity index is 379. The number of rotatable bonds is 2. The molecule has 0 saturated carbocycles. The molecule has 1 heteroatoms. The van der Waals surface area contributed by atoms with Gasteiger partial charge in [-0.1, -0.05) is 39.0 Å². The van der Waals surface area contributed by atoms with Gasteiger partial charge in [-0.25, -0.2) is 0 Å². The molecule has 1 nitrogen and oxygen atoms in total. The van der Waals surface area contributed by atoms with Crippen LogP contribution in [0.3, 0.4) is 0 Å². The Morgan fingerprint density at radius 3 is 2.75 bits per heavy atom. The lowest BCUT2D eigenvalue weighted by Gasteiger charge is -2.37. The van der Waals surface area contributed by atoms with Crippen molar-refractivity contribution in [3.05, 3.63) is 34.9 Å². The molecule has 0 saturated heterocycles. The average molecular weight is 217 g/mol. The molecule has 0 aliphatic heterocycles. The standard InChI is InChI=1S/C15H23N/c1-5-11-6-7-13-12(10-11)14(16-4)8-9-15(13,2)3/h6-7,10,14,16H,5,8-9H2,1-4H3. The van der Waals surface area contributed by atoms with Crippen molar-refractivity contribution in [2.45, 2.75) is 51.5 Å². The molecule has 0 heterocycles. The van der Waals surface area contributed by atoms with Crippen molar-refractivity contribution < 1.29 is 0 Å². The minimum Gasteiger partial charge on any atom is -0.313 e. The van der Waals surface area contributed by atoms with Crippen molar-refractivity contribution in [1.82, 2.24) is 5.32 Å². The SMILES string of the molecule is CCc1ccc2c(c1)C(NC)CCC2(C)C. The molecule has 1 aliphatic carbocycles. The molecule has 1 unspecified atom stereocenters. The van der Waals surface area contributed by atoms with E-state index in [0.717, 1.165) is 6.42 Å². The Balaban J connectivity index is 2.50. The molecule has 0 bridgehead atoms. The predicted molar refractivity (Wildman–Crippen MR) is 69.9 cm³/mol. The van der Waals surface area contributed by atoms with Crippen molar-refractivity contribution in [2.75, 3.05) is 7.05 Å². The molecule has 1 aliphatic rings. The van der Waals surface area contributed by atoms with Crippen LogP contribution in [0, 0.1) is 0 Å². The second-order valence-corrected chi connectivity index (χ2v) is 5.54. The highest BCUT2D eigenvalue weighted by Gasteiger charge is 2.31. The summed E-state index contributed by atoms with van der Waals surface area (Å²) in [7, 11) is 2.07. The second kappa shape index (κ2) is 4.21. The minimum absolute atomic E-state index is 0.342. The van der Waals surface area contributed by atoms with Crippen LogP contribution in [-0.4, -0.2) is 7.05 Å². The van der Waals surface area contributed by atoms with Gasteiger partial charge in [-0.05, 0) is 48.4 Å². The van der Waals surface area contributed by atoms with Crippen LogP contribution >= 0.6 is 0 Å². The Hall–Kier alpha value is -0.820. The molecule has 0 spiro atoms. The largest absolute Gasteiger partial charge is 0.313 e. The third-order valence-corrected chi connectivity index (χ3v) is 4.04. The minimum atomic E-state index is 0.342. The number of hydrogen-bond donors (Lipinski definition) is 1. The maximum atomic E-state index is 3.45. The van der Waals surface area contributed by atoms with E-state index >= 15 is 0 Å². The summed E-state index contributed by atoms with van der Waals surface area (Å²) in [5, 5.41) is 3.45. The summed E-state index contributed by atoms with van der Waals surface area (Å²) in [5.74, 6) is 0. The van der Waals surface area contributed by atoms with Crippen LogP contribution in [0.4, 0.5) is 0 Å². The van der Waals surface area contributed by atoms with Crippen LogP contribution in [0.5, 0.6) is 0 Å². The van der Waals surface area contributed by atoms with E-state index in [0.29, 0.717) is 11.5 Å². The van der Waals surface area contributed by atoms with Crippen molar-refractivity contribution >= 4 is 0 Å². The van der Waals surface area contributed by atoms with E-state index in [1.54, 1.807) is 0 Å². The third kappa shape index (κ3) is 1.89. The zero-order valence-corrected chi connectivity index (χ0v) is 10.9. The Morgan fingerprint density at radius 1 is 1.38 bits per heavy atom. The Kier molecular flexibility index (Phi) is 3.07. The summed E-state index contributed by atoms with van der Waals surface area (Å²) in [4.78, 5) is 0. The quantitative estimate of drug-likeness (QED) is 0.798. The molecule has 2 rings (SSSR count). The molecular formula is C15H23N. The summed E-state index contributed by atoms with van der Waals surface area (Å²) >= 11 is 0.